The van der Waals surface area contributed by atoms with Crippen LogP contribution in [0.3, 0.4) is 0 Å². The van der Waals surface area contributed by atoms with Crippen LogP contribution in [0, 0.1) is 18.8 Å². The van der Waals surface area contributed by atoms with E-state index in [1.54, 1.807) is 29.2 Å². The van der Waals surface area contributed by atoms with E-state index in [4.69, 9.17) is 0 Å². The first kappa shape index (κ1) is 22.4. The summed E-state index contributed by atoms with van der Waals surface area (Å²) < 4.78 is 24.8. The summed E-state index contributed by atoms with van der Waals surface area (Å²) in [6.07, 6.45) is 1.21. The lowest BCUT2D eigenvalue weighted by Gasteiger charge is -2.32. The zero-order chi connectivity index (χ0) is 20.9. The van der Waals surface area contributed by atoms with Crippen molar-refractivity contribution in [1.82, 2.24) is 10.2 Å². The van der Waals surface area contributed by atoms with Crippen LogP contribution in [0.5, 0.6) is 0 Å². The molecule has 1 aliphatic rings. The van der Waals surface area contributed by atoms with E-state index in [1.807, 2.05) is 13.8 Å². The van der Waals surface area contributed by atoms with Gasteiger partial charge in [0.2, 0.25) is 11.8 Å². The first-order valence-corrected chi connectivity index (χ1v) is 11.6. The third kappa shape index (κ3) is 6.06. The Morgan fingerprint density at radius 3 is 2.21 bits per heavy atom. The number of rotatable bonds is 7. The van der Waals surface area contributed by atoms with Crippen molar-refractivity contribution in [2.75, 3.05) is 18.8 Å². The number of aryl methyl sites for hydroxylation is 1. The number of sulfone groups is 1. The van der Waals surface area contributed by atoms with Crippen LogP contribution in [0.2, 0.25) is 0 Å². The molecule has 1 fully saturated rings. The van der Waals surface area contributed by atoms with Gasteiger partial charge in [0.05, 0.1) is 10.6 Å². The predicted molar refractivity (Wildman–Crippen MR) is 110 cm³/mol. The Hall–Kier alpha value is -1.89. The first-order chi connectivity index (χ1) is 13.1. The molecule has 1 atom stereocenters. The normalized spacial score (nSPS) is 16.8. The number of nitrogens with zero attached hydrogens (tertiary/aromatic N) is 1. The van der Waals surface area contributed by atoms with Crippen molar-refractivity contribution in [3.8, 4) is 0 Å². The second kappa shape index (κ2) is 9.54. The van der Waals surface area contributed by atoms with Crippen LogP contribution >= 0.6 is 0 Å². The van der Waals surface area contributed by atoms with Crippen molar-refractivity contribution in [2.24, 2.45) is 11.8 Å². The van der Waals surface area contributed by atoms with Gasteiger partial charge < -0.3 is 10.2 Å². The van der Waals surface area contributed by atoms with E-state index in [0.29, 0.717) is 31.8 Å². The molecule has 1 unspecified atom stereocenters. The minimum atomic E-state index is -3.47. The van der Waals surface area contributed by atoms with Gasteiger partial charge in [-0.25, -0.2) is 8.42 Å². The SMILES string of the molecule is Cc1ccc(S(=O)(=O)CCC(=O)N2CCC(C(=O)NC(C)C(C)C)CC2)cc1. The van der Waals surface area contributed by atoms with Gasteiger partial charge in [-0.3, -0.25) is 9.59 Å². The summed E-state index contributed by atoms with van der Waals surface area (Å²) >= 11 is 0. The molecule has 0 saturated carbocycles. The van der Waals surface area contributed by atoms with Crippen LogP contribution in [0.1, 0.15) is 45.6 Å². The average molecular weight is 409 g/mol. The van der Waals surface area contributed by atoms with E-state index >= 15 is 0 Å². The van der Waals surface area contributed by atoms with Gasteiger partial charge >= 0.3 is 0 Å². The molecule has 1 saturated heterocycles. The van der Waals surface area contributed by atoms with Gasteiger partial charge in [0, 0.05) is 31.5 Å². The van der Waals surface area contributed by atoms with Crippen LogP contribution in [-0.2, 0) is 19.4 Å². The van der Waals surface area contributed by atoms with Crippen molar-refractivity contribution < 1.29 is 18.0 Å². The molecule has 1 N–H and O–H groups in total. The largest absolute Gasteiger partial charge is 0.353 e. The molecule has 2 rings (SSSR count). The molecule has 1 aliphatic heterocycles. The molecule has 1 aromatic carbocycles. The lowest BCUT2D eigenvalue weighted by molar-refractivity contribution is -0.135. The topological polar surface area (TPSA) is 83.6 Å². The number of piperidine rings is 1. The lowest BCUT2D eigenvalue weighted by Crippen LogP contribution is -2.46. The van der Waals surface area contributed by atoms with Crippen molar-refractivity contribution in [2.45, 2.75) is 57.9 Å². The average Bonchev–Trinajstić information content (AvgIpc) is 2.66. The molecule has 156 valence electrons. The quantitative estimate of drug-likeness (QED) is 0.752. The molecule has 0 radical (unpaired) electrons. The second-order valence-electron chi connectivity index (χ2n) is 8.08. The zero-order valence-corrected chi connectivity index (χ0v) is 18.1. The van der Waals surface area contributed by atoms with E-state index < -0.39 is 9.84 Å². The minimum Gasteiger partial charge on any atom is -0.353 e. The number of carbonyl (C=O) groups is 2. The number of benzene rings is 1. The standard InChI is InChI=1S/C21H32N2O4S/c1-15(2)17(4)22-21(25)18-9-12-23(13-10-18)20(24)11-14-28(26,27)19-7-5-16(3)6-8-19/h5-8,15,17-18H,9-14H2,1-4H3,(H,22,25). The van der Waals surface area contributed by atoms with Gasteiger partial charge in [-0.1, -0.05) is 31.5 Å². The summed E-state index contributed by atoms with van der Waals surface area (Å²) in [5, 5.41) is 3.04. The Bertz CT molecular complexity index is 779. The maximum absolute atomic E-state index is 12.4. The van der Waals surface area contributed by atoms with E-state index in [-0.39, 0.29) is 40.8 Å². The number of likely N-dealkylation sites (tertiary alicyclic amines) is 1. The summed E-state index contributed by atoms with van der Waals surface area (Å²) in [6, 6.07) is 6.79. The monoisotopic (exact) mass is 408 g/mol. The fourth-order valence-electron chi connectivity index (χ4n) is 3.14. The molecular formula is C21H32N2O4S. The third-order valence-electron chi connectivity index (χ3n) is 5.55. The van der Waals surface area contributed by atoms with Crippen LogP contribution in [-0.4, -0.2) is 50.0 Å². The fraction of sp³-hybridized carbons (Fsp3) is 0.619. The van der Waals surface area contributed by atoms with Crippen molar-refractivity contribution in [3.05, 3.63) is 29.8 Å². The van der Waals surface area contributed by atoms with Crippen molar-refractivity contribution in [3.63, 3.8) is 0 Å². The van der Waals surface area contributed by atoms with Crippen molar-refractivity contribution >= 4 is 21.7 Å². The number of carbonyl (C=O) groups excluding carboxylic acids is 2. The van der Waals surface area contributed by atoms with Gasteiger partial charge in [-0.05, 0) is 44.7 Å². The molecule has 28 heavy (non-hydrogen) atoms. The summed E-state index contributed by atoms with van der Waals surface area (Å²) in [5.41, 5.74) is 0.990. The predicted octanol–water partition coefficient (Wildman–Crippen LogP) is 2.56. The Labute approximate surface area is 168 Å². The molecule has 0 aromatic heterocycles. The van der Waals surface area contributed by atoms with Gasteiger partial charge in [0.1, 0.15) is 0 Å². The fourth-order valence-corrected chi connectivity index (χ4v) is 4.37. The molecule has 0 bridgehead atoms. The molecule has 0 spiro atoms. The summed E-state index contributed by atoms with van der Waals surface area (Å²) in [5.74, 6) is -0.00993. The number of nitrogens with one attached hydrogen (secondary N) is 1. The summed E-state index contributed by atoms with van der Waals surface area (Å²) in [4.78, 5) is 26.7. The van der Waals surface area contributed by atoms with E-state index in [1.165, 1.54) is 0 Å². The Kier molecular flexibility index (Phi) is 7.63. The smallest absolute Gasteiger partial charge is 0.223 e. The number of hydrogen-bond donors (Lipinski definition) is 1. The van der Waals surface area contributed by atoms with Gasteiger partial charge in [0.25, 0.3) is 0 Å². The third-order valence-corrected chi connectivity index (χ3v) is 7.29. The van der Waals surface area contributed by atoms with Gasteiger partial charge in [0.15, 0.2) is 9.84 Å². The Morgan fingerprint density at radius 1 is 1.11 bits per heavy atom. The van der Waals surface area contributed by atoms with Crippen LogP contribution in [0.15, 0.2) is 29.2 Å². The van der Waals surface area contributed by atoms with Crippen LogP contribution in [0.25, 0.3) is 0 Å². The van der Waals surface area contributed by atoms with Crippen molar-refractivity contribution in [1.29, 1.82) is 0 Å². The molecular weight excluding hydrogens is 376 g/mol. The molecule has 2 amide bonds. The minimum absolute atomic E-state index is 0.0303. The molecule has 1 heterocycles. The highest BCUT2D eigenvalue weighted by molar-refractivity contribution is 7.91. The molecule has 7 heteroatoms. The maximum Gasteiger partial charge on any atom is 0.223 e. The number of amides is 2. The van der Waals surface area contributed by atoms with Gasteiger partial charge in [-0.2, -0.15) is 0 Å². The summed E-state index contributed by atoms with van der Waals surface area (Å²) in [7, 11) is -3.47. The van der Waals surface area contributed by atoms with Crippen LogP contribution in [0.4, 0.5) is 0 Å². The Balaban J connectivity index is 1.82. The van der Waals surface area contributed by atoms with E-state index in [0.717, 1.165) is 5.56 Å². The maximum atomic E-state index is 12.4. The molecule has 0 aliphatic carbocycles. The highest BCUT2D eigenvalue weighted by Gasteiger charge is 2.29. The second-order valence-corrected chi connectivity index (χ2v) is 10.2. The van der Waals surface area contributed by atoms with E-state index in [2.05, 4.69) is 19.2 Å². The highest BCUT2D eigenvalue weighted by Crippen LogP contribution is 2.20. The Morgan fingerprint density at radius 2 is 1.68 bits per heavy atom. The highest BCUT2D eigenvalue weighted by atomic mass is 32.2. The van der Waals surface area contributed by atoms with Crippen LogP contribution < -0.4 is 5.32 Å². The van der Waals surface area contributed by atoms with E-state index in [9.17, 15) is 18.0 Å². The first-order valence-electron chi connectivity index (χ1n) is 9.97. The zero-order valence-electron chi connectivity index (χ0n) is 17.3. The molecule has 6 nitrogen and oxygen atoms in total. The van der Waals surface area contributed by atoms with Gasteiger partial charge in [-0.15, -0.1) is 0 Å². The molecule has 1 aromatic rings. The summed E-state index contributed by atoms with van der Waals surface area (Å²) in [6.45, 7) is 9.02. The number of hydrogen-bond acceptors (Lipinski definition) is 4. The lowest BCUT2D eigenvalue weighted by atomic mass is 9.94.